The predicted octanol–water partition coefficient (Wildman–Crippen LogP) is 1.20. The molecule has 0 saturated carbocycles. The van der Waals surface area contributed by atoms with Crippen molar-refractivity contribution < 1.29 is 19.4 Å². The second-order valence-electron chi connectivity index (χ2n) is 7.03. The number of likely N-dealkylation sites (tertiary alicyclic amines) is 1. The van der Waals surface area contributed by atoms with Crippen molar-refractivity contribution in [1.82, 2.24) is 4.90 Å². The molecule has 25 heavy (non-hydrogen) atoms. The Morgan fingerprint density at radius 2 is 2.08 bits per heavy atom. The van der Waals surface area contributed by atoms with Crippen LogP contribution >= 0.6 is 0 Å². The molecule has 2 amide bonds. The monoisotopic (exact) mass is 345 g/mol. The van der Waals surface area contributed by atoms with E-state index in [0.717, 1.165) is 18.5 Å². The van der Waals surface area contributed by atoms with Crippen LogP contribution in [0.5, 0.6) is 0 Å². The molecule has 7 heteroatoms. The summed E-state index contributed by atoms with van der Waals surface area (Å²) in [5.74, 6) is -0.164. The maximum atomic E-state index is 12.8. The van der Waals surface area contributed by atoms with E-state index < -0.39 is 11.7 Å². The highest BCUT2D eigenvalue weighted by Crippen LogP contribution is 2.36. The van der Waals surface area contributed by atoms with Crippen molar-refractivity contribution >= 4 is 23.2 Å². The summed E-state index contributed by atoms with van der Waals surface area (Å²) in [6, 6.07) is 5.32. The van der Waals surface area contributed by atoms with Gasteiger partial charge in [0.15, 0.2) is 0 Å². The van der Waals surface area contributed by atoms with Crippen LogP contribution in [0.4, 0.5) is 11.4 Å². The summed E-state index contributed by atoms with van der Waals surface area (Å²) in [7, 11) is 0. The van der Waals surface area contributed by atoms with Crippen molar-refractivity contribution in [3.8, 4) is 0 Å². The molecule has 0 radical (unpaired) electrons. The minimum absolute atomic E-state index is 0.0530. The lowest BCUT2D eigenvalue weighted by molar-refractivity contribution is -0.174. The fourth-order valence-electron chi connectivity index (χ4n) is 3.96. The molecule has 1 spiro atoms. The molecule has 134 valence electrons. The van der Waals surface area contributed by atoms with Crippen molar-refractivity contribution in [2.75, 3.05) is 36.9 Å². The molecule has 3 heterocycles. The molecule has 3 aliphatic heterocycles. The van der Waals surface area contributed by atoms with Crippen LogP contribution in [0.25, 0.3) is 0 Å². The largest absolute Gasteiger partial charge is 0.390 e. The third-order valence-corrected chi connectivity index (χ3v) is 5.50. The Labute approximate surface area is 146 Å². The van der Waals surface area contributed by atoms with Crippen LogP contribution in [0.1, 0.15) is 36.0 Å². The Balaban J connectivity index is 1.46. The van der Waals surface area contributed by atoms with Gasteiger partial charge in [-0.3, -0.25) is 9.59 Å². The molecule has 7 nitrogen and oxygen atoms in total. The second kappa shape index (κ2) is 6.31. The fraction of sp³-hybridized carbons (Fsp3) is 0.556. The van der Waals surface area contributed by atoms with Gasteiger partial charge >= 0.3 is 0 Å². The van der Waals surface area contributed by atoms with Gasteiger partial charge < -0.3 is 25.4 Å². The van der Waals surface area contributed by atoms with Gasteiger partial charge in [-0.05, 0) is 43.9 Å². The number of anilines is 2. The zero-order valence-electron chi connectivity index (χ0n) is 14.1. The van der Waals surface area contributed by atoms with Crippen molar-refractivity contribution in [3.05, 3.63) is 23.8 Å². The van der Waals surface area contributed by atoms with Gasteiger partial charge in [-0.25, -0.2) is 0 Å². The Hall–Kier alpha value is -2.12. The van der Waals surface area contributed by atoms with Crippen LogP contribution in [0.15, 0.2) is 18.2 Å². The summed E-state index contributed by atoms with van der Waals surface area (Å²) in [5, 5.41) is 16.1. The van der Waals surface area contributed by atoms with Gasteiger partial charge in [0.25, 0.3) is 5.91 Å². The number of carbonyl (C=O) groups is 2. The van der Waals surface area contributed by atoms with Crippen molar-refractivity contribution in [2.24, 2.45) is 0 Å². The lowest BCUT2D eigenvalue weighted by atomic mass is 9.82. The highest BCUT2D eigenvalue weighted by atomic mass is 16.5. The fourth-order valence-corrected chi connectivity index (χ4v) is 3.96. The molecule has 4 rings (SSSR count). The standard InChI is InChI=1S/C18H23N3O4/c22-15-2-1-9-25-18(15)5-7-21(8-6-18)17(24)12-3-4-13-14(10-12)20-16(23)11-19-13/h3-4,10,15,19,22H,1-2,5-9,11H2,(H,20,23)/t15-/m1/s1. The maximum absolute atomic E-state index is 12.8. The second-order valence-corrected chi connectivity index (χ2v) is 7.03. The summed E-state index contributed by atoms with van der Waals surface area (Å²) in [6.07, 6.45) is 2.53. The van der Waals surface area contributed by atoms with Crippen LogP contribution in [-0.4, -0.2) is 59.8 Å². The zero-order chi connectivity index (χ0) is 17.4. The smallest absolute Gasteiger partial charge is 0.253 e. The minimum atomic E-state index is -0.483. The quantitative estimate of drug-likeness (QED) is 0.711. The molecular weight excluding hydrogens is 322 g/mol. The van der Waals surface area contributed by atoms with E-state index in [1.54, 1.807) is 17.0 Å². The summed E-state index contributed by atoms with van der Waals surface area (Å²) in [6.45, 7) is 2.06. The van der Waals surface area contributed by atoms with E-state index in [1.807, 2.05) is 6.07 Å². The molecule has 3 aliphatic rings. The Kier molecular flexibility index (Phi) is 4.13. The van der Waals surface area contributed by atoms with Crippen molar-refractivity contribution in [3.63, 3.8) is 0 Å². The predicted molar refractivity (Wildman–Crippen MR) is 92.6 cm³/mol. The van der Waals surface area contributed by atoms with Crippen LogP contribution in [-0.2, 0) is 9.53 Å². The number of nitrogens with zero attached hydrogens (tertiary/aromatic N) is 1. The van der Waals surface area contributed by atoms with Crippen molar-refractivity contribution in [1.29, 1.82) is 0 Å². The van der Waals surface area contributed by atoms with Gasteiger partial charge in [0.1, 0.15) is 0 Å². The molecule has 1 aromatic rings. The molecule has 2 saturated heterocycles. The van der Waals surface area contributed by atoms with E-state index >= 15 is 0 Å². The van der Waals surface area contributed by atoms with Crippen molar-refractivity contribution in [2.45, 2.75) is 37.4 Å². The number of rotatable bonds is 1. The first kappa shape index (κ1) is 16.4. The average molecular weight is 345 g/mol. The average Bonchev–Trinajstić information content (AvgIpc) is 2.64. The van der Waals surface area contributed by atoms with Gasteiger partial charge in [-0.2, -0.15) is 0 Å². The van der Waals surface area contributed by atoms with E-state index in [-0.39, 0.29) is 18.4 Å². The van der Waals surface area contributed by atoms with E-state index in [9.17, 15) is 14.7 Å². The Morgan fingerprint density at radius 3 is 2.84 bits per heavy atom. The molecule has 1 atom stereocenters. The summed E-state index contributed by atoms with van der Waals surface area (Å²) < 4.78 is 5.89. The van der Waals surface area contributed by atoms with Crippen LogP contribution in [0.2, 0.25) is 0 Å². The van der Waals surface area contributed by atoms with E-state index in [0.29, 0.717) is 43.8 Å². The van der Waals surface area contributed by atoms with Gasteiger partial charge in [0.05, 0.1) is 29.6 Å². The SMILES string of the molecule is O=C1CNc2ccc(C(=O)N3CCC4(CC3)OCCC[C@H]4O)cc2N1. The molecule has 2 fully saturated rings. The van der Waals surface area contributed by atoms with Crippen LogP contribution in [0, 0.1) is 0 Å². The number of aliphatic hydroxyl groups excluding tert-OH is 1. The number of carbonyl (C=O) groups excluding carboxylic acids is 2. The summed E-state index contributed by atoms with van der Waals surface area (Å²) in [5.41, 5.74) is 1.54. The molecule has 0 bridgehead atoms. The van der Waals surface area contributed by atoms with E-state index in [1.165, 1.54) is 0 Å². The third kappa shape index (κ3) is 2.98. The molecule has 0 aliphatic carbocycles. The van der Waals surface area contributed by atoms with Gasteiger partial charge in [-0.15, -0.1) is 0 Å². The lowest BCUT2D eigenvalue weighted by Crippen LogP contribution is -2.56. The number of ether oxygens (including phenoxy) is 1. The molecular formula is C18H23N3O4. The number of hydrogen-bond donors (Lipinski definition) is 3. The number of piperidine rings is 1. The molecule has 3 N–H and O–H groups in total. The highest BCUT2D eigenvalue weighted by molar-refractivity contribution is 6.03. The number of amides is 2. The van der Waals surface area contributed by atoms with Crippen LogP contribution < -0.4 is 10.6 Å². The summed E-state index contributed by atoms with van der Waals surface area (Å²) in [4.78, 5) is 26.1. The molecule has 1 aromatic carbocycles. The van der Waals surface area contributed by atoms with Gasteiger partial charge in [0.2, 0.25) is 5.91 Å². The number of hydrogen-bond acceptors (Lipinski definition) is 5. The summed E-state index contributed by atoms with van der Waals surface area (Å²) >= 11 is 0. The first-order chi connectivity index (χ1) is 12.1. The normalized spacial score (nSPS) is 25.1. The van der Waals surface area contributed by atoms with Gasteiger partial charge in [-0.1, -0.05) is 0 Å². The first-order valence-electron chi connectivity index (χ1n) is 8.86. The van der Waals surface area contributed by atoms with Gasteiger partial charge in [0, 0.05) is 25.3 Å². The number of benzene rings is 1. The Bertz CT molecular complexity index is 698. The third-order valence-electron chi connectivity index (χ3n) is 5.50. The Morgan fingerprint density at radius 1 is 1.28 bits per heavy atom. The first-order valence-corrected chi connectivity index (χ1v) is 8.86. The topological polar surface area (TPSA) is 90.9 Å². The lowest BCUT2D eigenvalue weighted by Gasteiger charge is -2.46. The van der Waals surface area contributed by atoms with E-state index in [4.69, 9.17) is 4.74 Å². The maximum Gasteiger partial charge on any atom is 0.253 e. The minimum Gasteiger partial charge on any atom is -0.390 e. The van der Waals surface area contributed by atoms with E-state index in [2.05, 4.69) is 10.6 Å². The highest BCUT2D eigenvalue weighted by Gasteiger charge is 2.44. The number of nitrogens with one attached hydrogen (secondary N) is 2. The number of fused-ring (bicyclic) bond motifs is 1. The number of aliphatic hydroxyl groups is 1. The molecule has 0 aromatic heterocycles. The van der Waals surface area contributed by atoms with Crippen LogP contribution in [0.3, 0.4) is 0 Å². The zero-order valence-corrected chi connectivity index (χ0v) is 14.1. The molecule has 0 unspecified atom stereocenters.